The highest BCUT2D eigenvalue weighted by molar-refractivity contribution is 7.99. The van der Waals surface area contributed by atoms with Crippen LogP contribution in [0.5, 0.6) is 0 Å². The highest BCUT2D eigenvalue weighted by atomic mass is 35.5. The Morgan fingerprint density at radius 1 is 1.45 bits per heavy atom. The molecular weight excluding hydrogens is 326 g/mol. The molecule has 1 amide bonds. The number of ether oxygens (including phenoxy) is 1. The van der Waals surface area contributed by atoms with Gasteiger partial charge in [0.1, 0.15) is 0 Å². The zero-order valence-corrected chi connectivity index (χ0v) is 13.5. The Balaban J connectivity index is 2.00. The number of nitrogens with one attached hydrogen (secondary N) is 1. The van der Waals surface area contributed by atoms with E-state index in [1.54, 1.807) is 13.2 Å². The second kappa shape index (κ2) is 8.02. The summed E-state index contributed by atoms with van der Waals surface area (Å²) in [5, 5.41) is 11.7. The first-order valence-electron chi connectivity index (χ1n) is 6.47. The van der Waals surface area contributed by atoms with Crippen molar-refractivity contribution < 1.29 is 9.53 Å². The third kappa shape index (κ3) is 4.12. The summed E-state index contributed by atoms with van der Waals surface area (Å²) in [7, 11) is 1.58. The molecule has 2 aromatic rings. The zero-order valence-electron chi connectivity index (χ0n) is 12.0. The SMILES string of the molecule is COCCNC(=O)CSc1nnc(-c2ccccc2Cl)n1N. The summed E-state index contributed by atoms with van der Waals surface area (Å²) in [6.07, 6.45) is 0. The topological polar surface area (TPSA) is 95.1 Å². The number of nitrogens with zero attached hydrogens (tertiary/aromatic N) is 3. The summed E-state index contributed by atoms with van der Waals surface area (Å²) < 4.78 is 6.18. The van der Waals surface area contributed by atoms with Crippen LogP contribution < -0.4 is 11.2 Å². The summed E-state index contributed by atoms with van der Waals surface area (Å²) in [5.41, 5.74) is 0.690. The van der Waals surface area contributed by atoms with Crippen LogP contribution in [-0.4, -0.2) is 46.8 Å². The van der Waals surface area contributed by atoms with E-state index in [-0.39, 0.29) is 11.7 Å². The molecule has 0 spiro atoms. The molecule has 0 saturated heterocycles. The summed E-state index contributed by atoms with van der Waals surface area (Å²) in [4.78, 5) is 11.6. The predicted molar refractivity (Wildman–Crippen MR) is 86.2 cm³/mol. The number of nitrogens with two attached hydrogens (primary N) is 1. The Bertz CT molecular complexity index is 649. The van der Waals surface area contributed by atoms with Gasteiger partial charge in [-0.1, -0.05) is 35.5 Å². The van der Waals surface area contributed by atoms with E-state index in [1.165, 1.54) is 16.4 Å². The fourth-order valence-electron chi connectivity index (χ4n) is 1.68. The van der Waals surface area contributed by atoms with Crippen molar-refractivity contribution in [3.8, 4) is 11.4 Å². The number of aromatic nitrogens is 3. The molecule has 118 valence electrons. The molecule has 0 unspecified atom stereocenters. The van der Waals surface area contributed by atoms with Crippen molar-refractivity contribution in [1.82, 2.24) is 20.2 Å². The van der Waals surface area contributed by atoms with Gasteiger partial charge >= 0.3 is 0 Å². The Morgan fingerprint density at radius 3 is 2.95 bits per heavy atom. The van der Waals surface area contributed by atoms with E-state index in [1.807, 2.05) is 18.2 Å². The summed E-state index contributed by atoms with van der Waals surface area (Å²) in [5.74, 6) is 6.50. The number of carbonyl (C=O) groups is 1. The van der Waals surface area contributed by atoms with Gasteiger partial charge in [-0.15, -0.1) is 10.2 Å². The molecule has 0 bridgehead atoms. The van der Waals surface area contributed by atoms with Crippen LogP contribution in [0.3, 0.4) is 0 Å². The fourth-order valence-corrected chi connectivity index (χ4v) is 2.58. The van der Waals surface area contributed by atoms with Crippen molar-refractivity contribution in [3.05, 3.63) is 29.3 Å². The lowest BCUT2D eigenvalue weighted by Crippen LogP contribution is -2.28. The minimum absolute atomic E-state index is 0.121. The zero-order chi connectivity index (χ0) is 15.9. The van der Waals surface area contributed by atoms with Crippen LogP contribution in [-0.2, 0) is 9.53 Å². The molecule has 0 fully saturated rings. The van der Waals surface area contributed by atoms with Gasteiger partial charge in [-0.3, -0.25) is 4.79 Å². The first-order chi connectivity index (χ1) is 10.6. The number of nitrogen functional groups attached to an aromatic ring is 1. The summed E-state index contributed by atoms with van der Waals surface area (Å²) in [6, 6.07) is 7.22. The van der Waals surface area contributed by atoms with E-state index in [9.17, 15) is 4.79 Å². The van der Waals surface area contributed by atoms with Gasteiger partial charge in [0.05, 0.1) is 17.4 Å². The molecule has 0 aliphatic rings. The van der Waals surface area contributed by atoms with Crippen LogP contribution in [0, 0.1) is 0 Å². The van der Waals surface area contributed by atoms with Gasteiger partial charge in [0.2, 0.25) is 11.1 Å². The fraction of sp³-hybridized carbons (Fsp3) is 0.308. The van der Waals surface area contributed by atoms with Gasteiger partial charge in [-0.25, -0.2) is 4.68 Å². The number of amides is 1. The number of benzene rings is 1. The number of halogens is 1. The summed E-state index contributed by atoms with van der Waals surface area (Å²) in [6.45, 7) is 0.941. The lowest BCUT2D eigenvalue weighted by molar-refractivity contribution is -0.118. The van der Waals surface area contributed by atoms with Gasteiger partial charge in [-0.2, -0.15) is 0 Å². The minimum atomic E-state index is -0.121. The number of rotatable bonds is 7. The number of hydrogen-bond acceptors (Lipinski definition) is 6. The van der Waals surface area contributed by atoms with Crippen LogP contribution in [0.4, 0.5) is 0 Å². The van der Waals surface area contributed by atoms with E-state index in [0.717, 1.165) is 0 Å². The monoisotopic (exact) mass is 341 g/mol. The number of methoxy groups -OCH3 is 1. The van der Waals surface area contributed by atoms with Crippen LogP contribution in [0.2, 0.25) is 5.02 Å². The first-order valence-corrected chi connectivity index (χ1v) is 7.83. The van der Waals surface area contributed by atoms with Crippen LogP contribution in [0.25, 0.3) is 11.4 Å². The number of carbonyl (C=O) groups excluding carboxylic acids is 1. The average Bonchev–Trinajstić information content (AvgIpc) is 2.87. The average molecular weight is 342 g/mol. The van der Waals surface area contributed by atoms with E-state index in [0.29, 0.717) is 34.7 Å². The van der Waals surface area contributed by atoms with Gasteiger partial charge in [0.15, 0.2) is 5.82 Å². The second-order valence-electron chi connectivity index (χ2n) is 4.29. The van der Waals surface area contributed by atoms with E-state index in [4.69, 9.17) is 22.2 Å². The quantitative estimate of drug-likeness (QED) is 0.446. The Kier molecular flexibility index (Phi) is 6.05. The van der Waals surface area contributed by atoms with Crippen molar-refractivity contribution in [3.63, 3.8) is 0 Å². The lowest BCUT2D eigenvalue weighted by atomic mass is 10.2. The van der Waals surface area contributed by atoms with Gasteiger partial charge in [0, 0.05) is 19.2 Å². The van der Waals surface area contributed by atoms with Crippen molar-refractivity contribution in [2.24, 2.45) is 0 Å². The van der Waals surface area contributed by atoms with Crippen LogP contribution in [0.1, 0.15) is 0 Å². The van der Waals surface area contributed by atoms with Crippen molar-refractivity contribution in [2.45, 2.75) is 5.16 Å². The lowest BCUT2D eigenvalue weighted by Gasteiger charge is -2.05. The first kappa shape index (κ1) is 16.6. The van der Waals surface area contributed by atoms with Crippen molar-refractivity contribution in [2.75, 3.05) is 31.9 Å². The molecule has 2 rings (SSSR count). The smallest absolute Gasteiger partial charge is 0.230 e. The molecule has 0 radical (unpaired) electrons. The van der Waals surface area contributed by atoms with Crippen molar-refractivity contribution in [1.29, 1.82) is 0 Å². The molecule has 22 heavy (non-hydrogen) atoms. The summed E-state index contributed by atoms with van der Waals surface area (Å²) >= 11 is 7.32. The third-order valence-corrected chi connectivity index (χ3v) is 4.01. The van der Waals surface area contributed by atoms with Gasteiger partial charge in [-0.05, 0) is 12.1 Å². The van der Waals surface area contributed by atoms with E-state index < -0.39 is 0 Å². The molecule has 1 aromatic heterocycles. The molecule has 7 nitrogen and oxygen atoms in total. The normalized spacial score (nSPS) is 10.6. The highest BCUT2D eigenvalue weighted by Crippen LogP contribution is 2.27. The van der Waals surface area contributed by atoms with E-state index in [2.05, 4.69) is 15.5 Å². The maximum atomic E-state index is 11.6. The predicted octanol–water partition coefficient (Wildman–Crippen LogP) is 1.17. The molecule has 1 aromatic carbocycles. The molecule has 3 N–H and O–H groups in total. The second-order valence-corrected chi connectivity index (χ2v) is 5.64. The number of thioether (sulfide) groups is 1. The molecular formula is C13H16ClN5O2S. The largest absolute Gasteiger partial charge is 0.383 e. The van der Waals surface area contributed by atoms with Crippen LogP contribution >= 0.6 is 23.4 Å². The Labute approximate surface area is 137 Å². The molecule has 9 heteroatoms. The van der Waals surface area contributed by atoms with Crippen molar-refractivity contribution >= 4 is 29.3 Å². The minimum Gasteiger partial charge on any atom is -0.383 e. The molecule has 1 heterocycles. The molecule has 0 saturated carbocycles. The maximum Gasteiger partial charge on any atom is 0.230 e. The molecule has 0 aliphatic heterocycles. The Morgan fingerprint density at radius 2 is 2.23 bits per heavy atom. The van der Waals surface area contributed by atoms with Gasteiger partial charge in [0.25, 0.3) is 0 Å². The molecule has 0 atom stereocenters. The highest BCUT2D eigenvalue weighted by Gasteiger charge is 2.15. The molecule has 0 aliphatic carbocycles. The Hall–Kier alpha value is -1.77. The van der Waals surface area contributed by atoms with Crippen LogP contribution in [0.15, 0.2) is 29.4 Å². The third-order valence-electron chi connectivity index (χ3n) is 2.74. The maximum absolute atomic E-state index is 11.6. The standard InChI is InChI=1S/C13H16ClN5O2S/c1-21-7-6-16-11(20)8-22-13-18-17-12(19(13)15)9-4-2-3-5-10(9)14/h2-5H,6-8,15H2,1H3,(H,16,20). The van der Waals surface area contributed by atoms with Gasteiger partial charge < -0.3 is 15.9 Å². The van der Waals surface area contributed by atoms with E-state index >= 15 is 0 Å². The number of hydrogen-bond donors (Lipinski definition) is 2.